The maximum Gasteiger partial charge on any atom is 0.673 e. The molecule has 100 valence electrons. The lowest BCUT2D eigenvalue weighted by atomic mass is 10.3. The molecule has 0 fully saturated rings. The van der Waals surface area contributed by atoms with Crippen LogP contribution in [-0.2, 0) is 9.47 Å². The Hall–Kier alpha value is -0.335. The zero-order valence-corrected chi connectivity index (χ0v) is 10.1. The zero-order valence-electron chi connectivity index (χ0n) is 10.1. The molecule has 0 saturated carbocycles. The largest absolute Gasteiger partial charge is 0.673 e. The molecule has 0 aliphatic heterocycles. The first-order valence-electron chi connectivity index (χ1n) is 5.19. The second-order valence-corrected chi connectivity index (χ2v) is 2.94. The van der Waals surface area contributed by atoms with E-state index in [1.165, 1.54) is 4.90 Å². The van der Waals surface area contributed by atoms with E-state index < -0.39 is 7.25 Å². The van der Waals surface area contributed by atoms with E-state index >= 15 is 0 Å². The van der Waals surface area contributed by atoms with Gasteiger partial charge in [-0.05, 0) is 20.8 Å². The van der Waals surface area contributed by atoms with Crippen molar-refractivity contribution >= 4 is 7.25 Å². The van der Waals surface area contributed by atoms with Crippen LogP contribution in [0, 0.1) is 0 Å². The van der Waals surface area contributed by atoms with Crippen LogP contribution in [0.15, 0.2) is 0 Å². The molecule has 1 atom stereocenters. The zero-order chi connectivity index (χ0) is 13.2. The van der Waals surface area contributed by atoms with Crippen molar-refractivity contribution in [1.29, 1.82) is 0 Å². The second kappa shape index (κ2) is 9.86. The van der Waals surface area contributed by atoms with Gasteiger partial charge in [0.15, 0.2) is 0 Å². The summed E-state index contributed by atoms with van der Waals surface area (Å²) in [5.41, 5.74) is 0. The molecule has 0 aliphatic rings. The number of hydrogen-bond acceptors (Lipinski definition) is 2. The summed E-state index contributed by atoms with van der Waals surface area (Å²) in [5, 5.41) is 0. The molecule has 16 heavy (non-hydrogen) atoms. The average Bonchev–Trinajstić information content (AvgIpc) is 2.14. The predicted molar refractivity (Wildman–Crippen MR) is 54.7 cm³/mol. The average molecular weight is 249 g/mol. The molecule has 0 aliphatic carbocycles. The molecule has 0 heterocycles. The lowest BCUT2D eigenvalue weighted by Crippen LogP contribution is -3.13. The van der Waals surface area contributed by atoms with Crippen LogP contribution in [0.4, 0.5) is 17.3 Å². The Bertz CT molecular complexity index is 147. The predicted octanol–water partition coefficient (Wildman–Crippen LogP) is 1.18. The molecule has 0 saturated heterocycles. The van der Waals surface area contributed by atoms with E-state index in [2.05, 4.69) is 14.0 Å². The highest BCUT2D eigenvalue weighted by Gasteiger charge is 2.20. The van der Waals surface area contributed by atoms with Gasteiger partial charge in [-0.1, -0.05) is 0 Å². The van der Waals surface area contributed by atoms with Crippen molar-refractivity contribution in [1.82, 2.24) is 0 Å². The van der Waals surface area contributed by atoms with E-state index in [-0.39, 0.29) is 6.41 Å². The molecule has 0 radical (unpaired) electrons. The Balaban J connectivity index is 0. The molecule has 0 amide bonds. The summed E-state index contributed by atoms with van der Waals surface area (Å²) >= 11 is 0. The Morgan fingerprint density at radius 1 is 1.00 bits per heavy atom. The van der Waals surface area contributed by atoms with Crippen molar-refractivity contribution in [2.75, 3.05) is 26.8 Å². The summed E-state index contributed by atoms with van der Waals surface area (Å²) in [4.78, 5) is 1.26. The number of halogens is 4. The third-order valence-corrected chi connectivity index (χ3v) is 1.60. The van der Waals surface area contributed by atoms with Crippen molar-refractivity contribution in [3.8, 4) is 0 Å². The minimum Gasteiger partial charge on any atom is -0.418 e. The van der Waals surface area contributed by atoms with Gasteiger partial charge in [0.2, 0.25) is 0 Å². The van der Waals surface area contributed by atoms with Crippen LogP contribution in [0.3, 0.4) is 0 Å². The maximum atomic E-state index is 9.75. The second-order valence-electron chi connectivity index (χ2n) is 2.94. The van der Waals surface area contributed by atoms with E-state index in [0.717, 1.165) is 6.54 Å². The van der Waals surface area contributed by atoms with Crippen LogP contribution in [0.2, 0.25) is 0 Å². The normalized spacial score (nSPS) is 13.3. The molecule has 0 aromatic rings. The van der Waals surface area contributed by atoms with E-state index in [9.17, 15) is 17.3 Å². The van der Waals surface area contributed by atoms with E-state index in [1.807, 2.05) is 13.8 Å². The van der Waals surface area contributed by atoms with Crippen molar-refractivity contribution in [3.63, 3.8) is 0 Å². The fraction of sp³-hybridized carbons (Fsp3) is 1.00. The van der Waals surface area contributed by atoms with E-state index in [0.29, 0.717) is 13.2 Å². The molecule has 0 aromatic heterocycles. The number of nitrogens with one attached hydrogen (secondary N) is 1. The quantitative estimate of drug-likeness (QED) is 0.434. The highest BCUT2D eigenvalue weighted by atomic mass is 19.5. The van der Waals surface area contributed by atoms with E-state index in [4.69, 9.17) is 9.47 Å². The first-order valence-corrected chi connectivity index (χ1v) is 5.19. The van der Waals surface area contributed by atoms with E-state index in [1.54, 1.807) is 0 Å². The number of ether oxygens (including phenoxy) is 2. The van der Waals surface area contributed by atoms with Gasteiger partial charge in [0.25, 0.3) is 0 Å². The monoisotopic (exact) mass is 249 g/mol. The van der Waals surface area contributed by atoms with Crippen molar-refractivity contribution < 1.29 is 31.6 Å². The topological polar surface area (TPSA) is 22.9 Å². The number of hydrogen-bond donors (Lipinski definition) is 1. The summed E-state index contributed by atoms with van der Waals surface area (Å²) in [7, 11) is -3.93. The Morgan fingerprint density at radius 3 is 1.50 bits per heavy atom. The molecule has 0 aromatic carbocycles. The van der Waals surface area contributed by atoms with Gasteiger partial charge in [-0.25, -0.2) is 0 Å². The minimum absolute atomic E-state index is 0.0880. The van der Waals surface area contributed by atoms with Gasteiger partial charge in [-0.15, -0.1) is 0 Å². The highest BCUT2D eigenvalue weighted by molar-refractivity contribution is 6.50. The standard InChI is InChI=1S/C8H19NO2.BF4/c1-5-9(4)8(10-6-2)11-7-3;2-1(3,4)5/h8H,5-7H2,1-4H3;/q;-1/p+1. The summed E-state index contributed by atoms with van der Waals surface area (Å²) in [6.07, 6.45) is -0.0880. The molecule has 1 N–H and O–H groups in total. The molecule has 3 nitrogen and oxygen atoms in total. The maximum absolute atomic E-state index is 9.75. The molecule has 1 unspecified atom stereocenters. The Kier molecular flexibility index (Phi) is 11.1. The van der Waals surface area contributed by atoms with Gasteiger partial charge < -0.3 is 26.7 Å². The highest BCUT2D eigenvalue weighted by Crippen LogP contribution is 2.06. The Morgan fingerprint density at radius 2 is 1.31 bits per heavy atom. The van der Waals surface area contributed by atoms with Crippen LogP contribution < -0.4 is 4.90 Å². The molecule has 0 spiro atoms. The lowest BCUT2D eigenvalue weighted by molar-refractivity contribution is -0.955. The SMILES string of the molecule is CCOC(OCC)[NH+](C)CC.F[B-](F)(F)F. The van der Waals surface area contributed by atoms with Gasteiger partial charge in [-0.3, -0.25) is 4.90 Å². The third kappa shape index (κ3) is 16.1. The first kappa shape index (κ1) is 18.0. The number of quaternary nitrogens is 1. The molecule has 8 heteroatoms. The lowest BCUT2D eigenvalue weighted by Gasteiger charge is -2.22. The van der Waals surface area contributed by atoms with Crippen LogP contribution in [0.5, 0.6) is 0 Å². The molecular weight excluding hydrogens is 229 g/mol. The smallest absolute Gasteiger partial charge is 0.418 e. The van der Waals surface area contributed by atoms with Crippen molar-refractivity contribution in [2.45, 2.75) is 27.2 Å². The van der Waals surface area contributed by atoms with Gasteiger partial charge >= 0.3 is 13.7 Å². The minimum atomic E-state index is -6.00. The Labute approximate surface area is 93.8 Å². The van der Waals surface area contributed by atoms with Crippen LogP contribution in [0.1, 0.15) is 20.8 Å². The van der Waals surface area contributed by atoms with Crippen LogP contribution in [-0.4, -0.2) is 40.5 Å². The van der Waals surface area contributed by atoms with Gasteiger partial charge in [0.1, 0.15) is 0 Å². The van der Waals surface area contributed by atoms with Crippen LogP contribution >= 0.6 is 0 Å². The fourth-order valence-electron chi connectivity index (χ4n) is 0.802. The molecule has 0 bridgehead atoms. The van der Waals surface area contributed by atoms with Gasteiger partial charge in [-0.2, -0.15) is 0 Å². The van der Waals surface area contributed by atoms with Gasteiger partial charge in [0.05, 0.1) is 26.8 Å². The summed E-state index contributed by atoms with van der Waals surface area (Å²) in [6, 6.07) is 0. The molecular formula is C8H20BF4NO2. The third-order valence-electron chi connectivity index (χ3n) is 1.60. The van der Waals surface area contributed by atoms with Crippen LogP contribution in [0.25, 0.3) is 0 Å². The number of rotatable bonds is 6. The first-order chi connectivity index (χ1) is 7.26. The summed E-state index contributed by atoms with van der Waals surface area (Å²) in [6.45, 7) is 8.51. The van der Waals surface area contributed by atoms with Crippen molar-refractivity contribution in [3.05, 3.63) is 0 Å². The molecule has 0 rings (SSSR count). The van der Waals surface area contributed by atoms with Gasteiger partial charge in [0, 0.05) is 0 Å². The summed E-state index contributed by atoms with van der Waals surface area (Å²) < 4.78 is 49.8. The summed E-state index contributed by atoms with van der Waals surface area (Å²) in [5.74, 6) is 0. The van der Waals surface area contributed by atoms with Crippen molar-refractivity contribution in [2.24, 2.45) is 0 Å². The fourth-order valence-corrected chi connectivity index (χ4v) is 0.802.